The molecule has 0 aliphatic carbocycles. The Morgan fingerprint density at radius 1 is 1.42 bits per heavy atom. The number of pyridine rings is 1. The lowest BCUT2D eigenvalue weighted by Crippen LogP contribution is -2.15. The Morgan fingerprint density at radius 2 is 2.32 bits per heavy atom. The van der Waals surface area contributed by atoms with Gasteiger partial charge in [-0.25, -0.2) is 0 Å². The van der Waals surface area contributed by atoms with Gasteiger partial charge in [0.15, 0.2) is 0 Å². The van der Waals surface area contributed by atoms with Crippen molar-refractivity contribution in [1.29, 1.82) is 0 Å². The van der Waals surface area contributed by atoms with Gasteiger partial charge in [0, 0.05) is 12.6 Å². The standard InChI is InChI=1S/C12H14N4O3/c17-11(18)5-3-6-13-8-10-15-12(16-19-10)9-4-1-2-7-14-9/h1-2,4,7,13H,3,5-6,8H2,(H,17,18). The van der Waals surface area contributed by atoms with Crippen molar-refractivity contribution in [3.63, 3.8) is 0 Å². The molecule has 0 fully saturated rings. The molecule has 0 saturated carbocycles. The maximum absolute atomic E-state index is 10.3. The predicted molar refractivity (Wildman–Crippen MR) is 66.1 cm³/mol. The molecule has 2 heterocycles. The number of nitrogens with zero attached hydrogens (tertiary/aromatic N) is 3. The Kier molecular flexibility index (Phi) is 4.57. The third-order valence-corrected chi connectivity index (χ3v) is 2.38. The Labute approximate surface area is 109 Å². The fraction of sp³-hybridized carbons (Fsp3) is 0.333. The molecule has 7 heteroatoms. The number of carboxylic acid groups (broad SMARTS) is 1. The first-order chi connectivity index (χ1) is 9.25. The summed E-state index contributed by atoms with van der Waals surface area (Å²) in [6, 6.07) is 5.46. The Hall–Kier alpha value is -2.28. The van der Waals surface area contributed by atoms with E-state index >= 15 is 0 Å². The second-order valence-electron chi connectivity index (χ2n) is 3.90. The first-order valence-corrected chi connectivity index (χ1v) is 5.92. The molecule has 2 aromatic rings. The van der Waals surface area contributed by atoms with Crippen molar-refractivity contribution >= 4 is 5.97 Å². The van der Waals surface area contributed by atoms with Gasteiger partial charge < -0.3 is 14.9 Å². The Bertz CT molecular complexity index is 527. The molecule has 0 aliphatic rings. The molecular weight excluding hydrogens is 248 g/mol. The molecule has 0 aliphatic heterocycles. The van der Waals surface area contributed by atoms with Crippen molar-refractivity contribution < 1.29 is 14.4 Å². The van der Waals surface area contributed by atoms with Gasteiger partial charge in [0.1, 0.15) is 5.69 Å². The number of aliphatic carboxylic acids is 1. The van der Waals surface area contributed by atoms with Crippen molar-refractivity contribution in [1.82, 2.24) is 20.4 Å². The highest BCUT2D eigenvalue weighted by molar-refractivity contribution is 5.66. The summed E-state index contributed by atoms with van der Waals surface area (Å²) < 4.78 is 5.07. The summed E-state index contributed by atoms with van der Waals surface area (Å²) in [6.07, 6.45) is 2.38. The van der Waals surface area contributed by atoms with Crippen LogP contribution in [0.1, 0.15) is 18.7 Å². The normalized spacial score (nSPS) is 10.5. The smallest absolute Gasteiger partial charge is 0.303 e. The molecule has 0 amide bonds. The van der Waals surface area contributed by atoms with Crippen LogP contribution in [0.25, 0.3) is 11.5 Å². The van der Waals surface area contributed by atoms with Crippen LogP contribution in [0.2, 0.25) is 0 Å². The fourth-order valence-electron chi connectivity index (χ4n) is 1.49. The van der Waals surface area contributed by atoms with Crippen LogP contribution in [-0.2, 0) is 11.3 Å². The number of aromatic nitrogens is 3. The van der Waals surface area contributed by atoms with Crippen LogP contribution >= 0.6 is 0 Å². The van der Waals surface area contributed by atoms with Crippen molar-refractivity contribution in [3.8, 4) is 11.5 Å². The fourth-order valence-corrected chi connectivity index (χ4v) is 1.49. The van der Waals surface area contributed by atoms with E-state index in [2.05, 4.69) is 20.4 Å². The lowest BCUT2D eigenvalue weighted by molar-refractivity contribution is -0.137. The van der Waals surface area contributed by atoms with Crippen LogP contribution in [0.3, 0.4) is 0 Å². The van der Waals surface area contributed by atoms with E-state index < -0.39 is 5.97 Å². The molecule has 2 rings (SSSR count). The van der Waals surface area contributed by atoms with E-state index in [1.165, 1.54) is 0 Å². The summed E-state index contributed by atoms with van der Waals surface area (Å²) in [5, 5.41) is 15.4. The monoisotopic (exact) mass is 262 g/mol. The van der Waals surface area contributed by atoms with Gasteiger partial charge in [-0.3, -0.25) is 9.78 Å². The van der Waals surface area contributed by atoms with Gasteiger partial charge in [0.05, 0.1) is 6.54 Å². The molecule has 7 nitrogen and oxygen atoms in total. The largest absolute Gasteiger partial charge is 0.481 e. The maximum Gasteiger partial charge on any atom is 0.303 e. The number of hydrogen-bond donors (Lipinski definition) is 2. The van der Waals surface area contributed by atoms with Gasteiger partial charge >= 0.3 is 5.97 Å². The second kappa shape index (κ2) is 6.60. The Morgan fingerprint density at radius 3 is 3.05 bits per heavy atom. The van der Waals surface area contributed by atoms with Gasteiger partial charge in [-0.1, -0.05) is 11.2 Å². The summed E-state index contributed by atoms with van der Waals surface area (Å²) >= 11 is 0. The first-order valence-electron chi connectivity index (χ1n) is 5.92. The quantitative estimate of drug-likeness (QED) is 0.720. The third kappa shape index (κ3) is 4.14. The zero-order valence-electron chi connectivity index (χ0n) is 10.2. The Balaban J connectivity index is 1.80. The summed E-state index contributed by atoms with van der Waals surface area (Å²) in [5.41, 5.74) is 0.656. The SMILES string of the molecule is O=C(O)CCCNCc1nc(-c2ccccn2)no1. The van der Waals surface area contributed by atoms with E-state index in [4.69, 9.17) is 9.63 Å². The average molecular weight is 262 g/mol. The third-order valence-electron chi connectivity index (χ3n) is 2.38. The molecule has 0 unspecified atom stereocenters. The lowest BCUT2D eigenvalue weighted by Gasteiger charge is -1.98. The minimum absolute atomic E-state index is 0.149. The van der Waals surface area contributed by atoms with E-state index in [1.54, 1.807) is 12.3 Å². The summed E-state index contributed by atoms with van der Waals surface area (Å²) in [5.74, 6) is 0.107. The molecule has 100 valence electrons. The minimum atomic E-state index is -0.794. The number of nitrogens with one attached hydrogen (secondary N) is 1. The highest BCUT2D eigenvalue weighted by Crippen LogP contribution is 2.11. The molecule has 0 radical (unpaired) electrons. The van der Waals surface area contributed by atoms with Crippen LogP contribution in [0.15, 0.2) is 28.9 Å². The molecule has 0 bridgehead atoms. The van der Waals surface area contributed by atoms with E-state index in [1.807, 2.05) is 12.1 Å². The number of hydrogen-bond acceptors (Lipinski definition) is 6. The summed E-state index contributed by atoms with van der Waals surface area (Å²) in [6.45, 7) is 1.01. The van der Waals surface area contributed by atoms with Gasteiger partial charge in [-0.2, -0.15) is 4.98 Å². The summed E-state index contributed by atoms with van der Waals surface area (Å²) in [7, 11) is 0. The number of carboxylic acids is 1. The van der Waals surface area contributed by atoms with Crippen molar-refractivity contribution in [2.45, 2.75) is 19.4 Å². The van der Waals surface area contributed by atoms with E-state index in [9.17, 15) is 4.79 Å². The van der Waals surface area contributed by atoms with Gasteiger partial charge in [0.2, 0.25) is 11.7 Å². The zero-order valence-corrected chi connectivity index (χ0v) is 10.2. The van der Waals surface area contributed by atoms with Crippen molar-refractivity contribution in [2.75, 3.05) is 6.54 Å². The van der Waals surface area contributed by atoms with Crippen LogP contribution in [0.5, 0.6) is 0 Å². The highest BCUT2D eigenvalue weighted by atomic mass is 16.5. The molecular formula is C12H14N4O3. The maximum atomic E-state index is 10.3. The molecule has 2 aromatic heterocycles. The van der Waals surface area contributed by atoms with E-state index in [0.29, 0.717) is 36.9 Å². The zero-order chi connectivity index (χ0) is 13.5. The molecule has 0 saturated heterocycles. The number of rotatable bonds is 7. The van der Waals surface area contributed by atoms with Crippen LogP contribution in [-0.4, -0.2) is 32.7 Å². The second-order valence-corrected chi connectivity index (χ2v) is 3.90. The van der Waals surface area contributed by atoms with E-state index in [0.717, 1.165) is 0 Å². The van der Waals surface area contributed by atoms with Crippen LogP contribution in [0.4, 0.5) is 0 Å². The van der Waals surface area contributed by atoms with Crippen LogP contribution in [0, 0.1) is 0 Å². The predicted octanol–water partition coefficient (Wildman–Crippen LogP) is 1.09. The van der Waals surface area contributed by atoms with Gasteiger partial charge in [-0.05, 0) is 25.1 Å². The van der Waals surface area contributed by atoms with Gasteiger partial charge in [0.25, 0.3) is 0 Å². The lowest BCUT2D eigenvalue weighted by atomic mass is 10.3. The molecule has 19 heavy (non-hydrogen) atoms. The average Bonchev–Trinajstić information content (AvgIpc) is 2.88. The molecule has 2 N–H and O–H groups in total. The minimum Gasteiger partial charge on any atom is -0.481 e. The topological polar surface area (TPSA) is 101 Å². The van der Waals surface area contributed by atoms with Crippen molar-refractivity contribution in [3.05, 3.63) is 30.3 Å². The van der Waals surface area contributed by atoms with E-state index in [-0.39, 0.29) is 6.42 Å². The molecule has 0 aromatic carbocycles. The van der Waals surface area contributed by atoms with Crippen LogP contribution < -0.4 is 5.32 Å². The molecule has 0 atom stereocenters. The first kappa shape index (κ1) is 13.2. The molecule has 0 spiro atoms. The highest BCUT2D eigenvalue weighted by Gasteiger charge is 2.08. The van der Waals surface area contributed by atoms with Crippen molar-refractivity contribution in [2.24, 2.45) is 0 Å². The summed E-state index contributed by atoms with van der Waals surface area (Å²) in [4.78, 5) is 18.6. The number of carbonyl (C=O) groups is 1. The van der Waals surface area contributed by atoms with Gasteiger partial charge in [-0.15, -0.1) is 0 Å².